The number of hydrogen-bond donors (Lipinski definition) is 2. The average Bonchev–Trinajstić information content (AvgIpc) is 3.13. The van der Waals surface area contributed by atoms with Crippen LogP contribution in [0.1, 0.15) is 16.9 Å². The van der Waals surface area contributed by atoms with Gasteiger partial charge in [-0.25, -0.2) is 0 Å². The van der Waals surface area contributed by atoms with E-state index in [-0.39, 0.29) is 25.3 Å². The summed E-state index contributed by atoms with van der Waals surface area (Å²) in [6.45, 7) is -0.878. The summed E-state index contributed by atoms with van der Waals surface area (Å²) in [4.78, 5) is 24.9. The molecule has 2 aromatic rings. The highest BCUT2D eigenvalue weighted by Crippen LogP contribution is 2.19. The van der Waals surface area contributed by atoms with Gasteiger partial charge in [0.15, 0.2) is 11.5 Å². The van der Waals surface area contributed by atoms with Crippen molar-refractivity contribution >= 4 is 11.8 Å². The standard InChI is InChI=1S/C18H21F3N4O3/c1-25(12-18(19,20)21)9-5-8-22-16(26)11-23-17(27)14-10-15(28-24-14)13-6-3-2-4-7-13/h2-4,6-7,10H,5,8-9,11-12H2,1H3,(H,22,26)(H,23,27). The minimum Gasteiger partial charge on any atom is -0.355 e. The molecule has 0 radical (unpaired) electrons. The van der Waals surface area contributed by atoms with Gasteiger partial charge >= 0.3 is 6.18 Å². The fraction of sp³-hybridized carbons (Fsp3) is 0.389. The SMILES string of the molecule is CN(CCCNC(=O)CNC(=O)c1cc(-c2ccccc2)on1)CC(F)(F)F. The molecule has 0 atom stereocenters. The molecule has 0 saturated heterocycles. The molecule has 0 bridgehead atoms. The van der Waals surface area contributed by atoms with E-state index in [9.17, 15) is 22.8 Å². The number of nitrogens with one attached hydrogen (secondary N) is 2. The Hall–Kier alpha value is -2.88. The second-order valence-corrected chi connectivity index (χ2v) is 6.18. The fourth-order valence-electron chi connectivity index (χ4n) is 2.40. The summed E-state index contributed by atoms with van der Waals surface area (Å²) < 4.78 is 41.7. The molecule has 10 heteroatoms. The average molecular weight is 398 g/mol. The third-order valence-electron chi connectivity index (χ3n) is 3.70. The van der Waals surface area contributed by atoms with Gasteiger partial charge < -0.3 is 15.2 Å². The van der Waals surface area contributed by atoms with Gasteiger partial charge in [-0.05, 0) is 20.0 Å². The lowest BCUT2D eigenvalue weighted by Crippen LogP contribution is -2.38. The van der Waals surface area contributed by atoms with Crippen molar-refractivity contribution in [2.45, 2.75) is 12.6 Å². The molecule has 152 valence electrons. The van der Waals surface area contributed by atoms with Crippen molar-refractivity contribution in [3.8, 4) is 11.3 Å². The summed E-state index contributed by atoms with van der Waals surface area (Å²) in [5.41, 5.74) is 0.808. The molecule has 0 aliphatic heterocycles. The predicted octanol–water partition coefficient (Wildman–Crippen LogP) is 2.07. The third-order valence-corrected chi connectivity index (χ3v) is 3.70. The van der Waals surface area contributed by atoms with Crippen LogP contribution in [0.4, 0.5) is 13.2 Å². The van der Waals surface area contributed by atoms with Gasteiger partial charge in [0.1, 0.15) is 0 Å². The molecule has 2 rings (SSSR count). The Balaban J connectivity index is 1.67. The maximum atomic E-state index is 12.2. The van der Waals surface area contributed by atoms with Crippen molar-refractivity contribution in [1.29, 1.82) is 0 Å². The van der Waals surface area contributed by atoms with E-state index >= 15 is 0 Å². The molecular weight excluding hydrogens is 377 g/mol. The maximum Gasteiger partial charge on any atom is 0.401 e. The lowest BCUT2D eigenvalue weighted by Gasteiger charge is -2.18. The topological polar surface area (TPSA) is 87.5 Å². The molecule has 28 heavy (non-hydrogen) atoms. The quantitative estimate of drug-likeness (QED) is 0.632. The van der Waals surface area contributed by atoms with Crippen molar-refractivity contribution < 1.29 is 27.3 Å². The normalized spacial score (nSPS) is 11.5. The minimum absolute atomic E-state index is 0.0421. The molecule has 0 spiro atoms. The van der Waals surface area contributed by atoms with E-state index in [1.807, 2.05) is 30.3 Å². The molecule has 0 aliphatic rings. The van der Waals surface area contributed by atoms with E-state index in [0.29, 0.717) is 12.2 Å². The minimum atomic E-state index is -4.25. The molecule has 2 N–H and O–H groups in total. The summed E-state index contributed by atoms with van der Waals surface area (Å²) in [6.07, 6.45) is -3.89. The van der Waals surface area contributed by atoms with Crippen LogP contribution in [0, 0.1) is 0 Å². The number of halogens is 3. The molecule has 1 aromatic heterocycles. The van der Waals surface area contributed by atoms with Crippen LogP contribution >= 0.6 is 0 Å². The summed E-state index contributed by atoms with van der Waals surface area (Å²) in [6, 6.07) is 10.6. The van der Waals surface area contributed by atoms with Crippen LogP contribution < -0.4 is 10.6 Å². The van der Waals surface area contributed by atoms with Crippen LogP contribution in [0.3, 0.4) is 0 Å². The van der Waals surface area contributed by atoms with E-state index in [4.69, 9.17) is 4.52 Å². The fourth-order valence-corrected chi connectivity index (χ4v) is 2.40. The first-order valence-corrected chi connectivity index (χ1v) is 8.57. The molecule has 0 unspecified atom stereocenters. The number of carbonyl (C=O) groups excluding carboxylic acids is 2. The van der Waals surface area contributed by atoms with Crippen molar-refractivity contribution in [2.24, 2.45) is 0 Å². The molecule has 7 nitrogen and oxygen atoms in total. The van der Waals surface area contributed by atoms with Crippen LogP contribution in [0.2, 0.25) is 0 Å². The Labute approximate surface area is 159 Å². The smallest absolute Gasteiger partial charge is 0.355 e. The number of amides is 2. The highest BCUT2D eigenvalue weighted by atomic mass is 19.4. The first-order chi connectivity index (χ1) is 13.2. The Bertz CT molecular complexity index is 778. The van der Waals surface area contributed by atoms with Gasteiger partial charge in [0.2, 0.25) is 5.91 Å². The number of nitrogens with zero attached hydrogens (tertiary/aromatic N) is 2. The number of aromatic nitrogens is 1. The lowest BCUT2D eigenvalue weighted by molar-refractivity contribution is -0.143. The molecule has 0 aliphatic carbocycles. The Kier molecular flexibility index (Phi) is 7.56. The highest BCUT2D eigenvalue weighted by Gasteiger charge is 2.28. The Morgan fingerprint density at radius 1 is 1.18 bits per heavy atom. The molecule has 0 saturated carbocycles. The van der Waals surface area contributed by atoms with Gasteiger partial charge in [-0.2, -0.15) is 13.2 Å². The zero-order chi connectivity index (χ0) is 20.6. The summed E-state index contributed by atoms with van der Waals surface area (Å²) >= 11 is 0. The monoisotopic (exact) mass is 398 g/mol. The van der Waals surface area contributed by atoms with Gasteiger partial charge in [-0.1, -0.05) is 35.5 Å². The van der Waals surface area contributed by atoms with Gasteiger partial charge in [0.25, 0.3) is 5.91 Å². The summed E-state index contributed by atoms with van der Waals surface area (Å²) in [7, 11) is 1.36. The number of benzene rings is 1. The number of hydrogen-bond acceptors (Lipinski definition) is 5. The van der Waals surface area contributed by atoms with Crippen LogP contribution in [-0.4, -0.2) is 61.3 Å². The molecular formula is C18H21F3N4O3. The van der Waals surface area contributed by atoms with Crippen molar-refractivity contribution in [3.63, 3.8) is 0 Å². The lowest BCUT2D eigenvalue weighted by atomic mass is 10.1. The number of alkyl halides is 3. The zero-order valence-electron chi connectivity index (χ0n) is 15.3. The van der Waals surface area contributed by atoms with Crippen LogP contribution in [0.5, 0.6) is 0 Å². The Morgan fingerprint density at radius 3 is 2.57 bits per heavy atom. The van der Waals surface area contributed by atoms with Crippen molar-refractivity contribution in [1.82, 2.24) is 20.7 Å². The second kappa shape index (κ2) is 9.88. The largest absolute Gasteiger partial charge is 0.401 e. The Morgan fingerprint density at radius 2 is 1.89 bits per heavy atom. The molecule has 0 fully saturated rings. The van der Waals surface area contributed by atoms with Crippen molar-refractivity contribution in [3.05, 3.63) is 42.1 Å². The molecule has 2 amide bonds. The van der Waals surface area contributed by atoms with Crippen LogP contribution in [-0.2, 0) is 4.79 Å². The van der Waals surface area contributed by atoms with E-state index in [1.165, 1.54) is 13.1 Å². The summed E-state index contributed by atoms with van der Waals surface area (Å²) in [5, 5.41) is 8.62. The first-order valence-electron chi connectivity index (χ1n) is 8.57. The molecule has 1 aromatic carbocycles. The van der Waals surface area contributed by atoms with Crippen molar-refractivity contribution in [2.75, 3.05) is 33.2 Å². The van der Waals surface area contributed by atoms with Crippen LogP contribution in [0.15, 0.2) is 40.9 Å². The van der Waals surface area contributed by atoms with Crippen LogP contribution in [0.25, 0.3) is 11.3 Å². The van der Waals surface area contributed by atoms with Gasteiger partial charge in [0, 0.05) is 18.2 Å². The van der Waals surface area contributed by atoms with E-state index in [1.54, 1.807) is 0 Å². The second-order valence-electron chi connectivity index (χ2n) is 6.18. The van der Waals surface area contributed by atoms with E-state index in [2.05, 4.69) is 15.8 Å². The number of carbonyl (C=O) groups is 2. The summed E-state index contributed by atoms with van der Waals surface area (Å²) in [5.74, 6) is -0.581. The first kappa shape index (κ1) is 21.4. The number of rotatable bonds is 9. The predicted molar refractivity (Wildman–Crippen MR) is 95.5 cm³/mol. The maximum absolute atomic E-state index is 12.2. The van der Waals surface area contributed by atoms with E-state index in [0.717, 1.165) is 10.5 Å². The third kappa shape index (κ3) is 7.39. The van der Waals surface area contributed by atoms with Gasteiger partial charge in [-0.3, -0.25) is 14.5 Å². The molecule has 1 heterocycles. The van der Waals surface area contributed by atoms with Gasteiger partial charge in [-0.15, -0.1) is 0 Å². The zero-order valence-corrected chi connectivity index (χ0v) is 15.3. The highest BCUT2D eigenvalue weighted by molar-refractivity contribution is 5.95. The van der Waals surface area contributed by atoms with Gasteiger partial charge in [0.05, 0.1) is 13.1 Å². The van der Waals surface area contributed by atoms with E-state index < -0.39 is 24.5 Å².